The molecule has 98 valence electrons. The first-order chi connectivity index (χ1) is 7.56. The van der Waals surface area contributed by atoms with Gasteiger partial charge in [-0.05, 0) is 26.2 Å². The molecule has 0 aromatic carbocycles. The predicted octanol–water partition coefficient (Wildman–Crippen LogP) is 3.24. The third-order valence-corrected chi connectivity index (χ3v) is 2.27. The fourth-order valence-corrected chi connectivity index (χ4v) is 1.37. The number of nitrogens with zero attached hydrogens (tertiary/aromatic N) is 1. The number of carbonyl (C=O) groups excluding carboxylic acids is 1. The molecule has 0 aliphatic carbocycles. The van der Waals surface area contributed by atoms with E-state index in [1.165, 1.54) is 0 Å². The Morgan fingerprint density at radius 2 is 1.82 bits per heavy atom. The molecule has 1 N–H and O–H groups in total. The van der Waals surface area contributed by atoms with E-state index in [0.29, 0.717) is 13.0 Å². The minimum Gasteiger partial charge on any atom is -0.444 e. The standard InChI is InChI=1S/C13H24N2O2/c1-12(2,3)10(8-9-14-7)15-11(16)17-13(4,5)6/h10H,8-9H2,1-6H3,(H,15,16). The lowest BCUT2D eigenvalue weighted by atomic mass is 9.85. The van der Waals surface area contributed by atoms with Gasteiger partial charge in [0.2, 0.25) is 6.54 Å². The van der Waals surface area contributed by atoms with E-state index in [2.05, 4.69) is 10.2 Å². The Hall–Kier alpha value is -1.24. The van der Waals surface area contributed by atoms with Crippen LogP contribution in [0.5, 0.6) is 0 Å². The van der Waals surface area contributed by atoms with Gasteiger partial charge in [-0.25, -0.2) is 11.4 Å². The van der Waals surface area contributed by atoms with E-state index in [0.717, 1.165) is 0 Å². The highest BCUT2D eigenvalue weighted by atomic mass is 16.6. The molecule has 0 aromatic rings. The number of alkyl carbamates (subject to hydrolysis) is 1. The van der Waals surface area contributed by atoms with E-state index in [-0.39, 0.29) is 11.5 Å². The monoisotopic (exact) mass is 240 g/mol. The largest absolute Gasteiger partial charge is 0.444 e. The van der Waals surface area contributed by atoms with Gasteiger partial charge in [0.05, 0.1) is 0 Å². The van der Waals surface area contributed by atoms with Gasteiger partial charge in [-0.3, -0.25) is 0 Å². The minimum absolute atomic E-state index is 0.0496. The van der Waals surface area contributed by atoms with Crippen LogP contribution in [0.4, 0.5) is 4.79 Å². The van der Waals surface area contributed by atoms with Gasteiger partial charge < -0.3 is 14.9 Å². The molecule has 0 aliphatic rings. The maximum Gasteiger partial charge on any atom is 0.407 e. The number of amides is 1. The molecule has 0 rings (SSSR count). The molecule has 4 heteroatoms. The summed E-state index contributed by atoms with van der Waals surface area (Å²) in [5.41, 5.74) is -0.575. The highest BCUT2D eigenvalue weighted by molar-refractivity contribution is 5.68. The number of nitrogens with one attached hydrogen (secondary N) is 1. The van der Waals surface area contributed by atoms with Crippen LogP contribution in [0.25, 0.3) is 4.85 Å². The molecule has 0 spiro atoms. The Morgan fingerprint density at radius 3 is 2.18 bits per heavy atom. The summed E-state index contributed by atoms with van der Waals surface area (Å²) in [5.74, 6) is 0. The summed E-state index contributed by atoms with van der Waals surface area (Å²) in [7, 11) is 0. The van der Waals surface area contributed by atoms with Crippen LogP contribution in [0.3, 0.4) is 0 Å². The molecule has 0 aliphatic heterocycles. The molecule has 0 saturated heterocycles. The molecule has 0 saturated carbocycles. The molecule has 0 fully saturated rings. The molecule has 1 unspecified atom stereocenters. The van der Waals surface area contributed by atoms with Gasteiger partial charge in [-0.1, -0.05) is 20.8 Å². The summed E-state index contributed by atoms with van der Waals surface area (Å²) in [6.07, 6.45) is 0.231. The van der Waals surface area contributed by atoms with Crippen molar-refractivity contribution in [1.29, 1.82) is 0 Å². The molecule has 1 amide bonds. The van der Waals surface area contributed by atoms with Gasteiger partial charge in [-0.15, -0.1) is 0 Å². The Balaban J connectivity index is 4.45. The number of hydrogen-bond donors (Lipinski definition) is 1. The molecule has 17 heavy (non-hydrogen) atoms. The molecule has 0 aromatic heterocycles. The minimum atomic E-state index is -0.494. The lowest BCUT2D eigenvalue weighted by molar-refractivity contribution is 0.0461. The summed E-state index contributed by atoms with van der Waals surface area (Å²) in [6.45, 7) is 18.8. The molecule has 0 bridgehead atoms. The van der Waals surface area contributed by atoms with Crippen molar-refractivity contribution in [3.05, 3.63) is 11.4 Å². The fraction of sp³-hybridized carbons (Fsp3) is 0.846. The van der Waals surface area contributed by atoms with Crippen molar-refractivity contribution in [3.8, 4) is 0 Å². The van der Waals surface area contributed by atoms with Crippen LogP contribution >= 0.6 is 0 Å². The zero-order valence-electron chi connectivity index (χ0n) is 11.8. The highest BCUT2D eigenvalue weighted by Crippen LogP contribution is 2.22. The van der Waals surface area contributed by atoms with Crippen molar-refractivity contribution < 1.29 is 9.53 Å². The first-order valence-corrected chi connectivity index (χ1v) is 5.89. The van der Waals surface area contributed by atoms with Gasteiger partial charge in [0, 0.05) is 12.5 Å². The topological polar surface area (TPSA) is 42.7 Å². The van der Waals surface area contributed by atoms with Gasteiger partial charge >= 0.3 is 6.09 Å². The third kappa shape index (κ3) is 7.62. The normalized spacial score (nSPS) is 13.7. The first kappa shape index (κ1) is 15.8. The van der Waals surface area contributed by atoms with Crippen LogP contribution < -0.4 is 5.32 Å². The van der Waals surface area contributed by atoms with Crippen LogP contribution in [-0.4, -0.2) is 24.3 Å². The van der Waals surface area contributed by atoms with E-state index in [9.17, 15) is 4.79 Å². The quantitative estimate of drug-likeness (QED) is 0.769. The van der Waals surface area contributed by atoms with E-state index in [4.69, 9.17) is 11.3 Å². The van der Waals surface area contributed by atoms with Crippen molar-refractivity contribution in [2.75, 3.05) is 6.54 Å². The smallest absolute Gasteiger partial charge is 0.407 e. The van der Waals surface area contributed by atoms with Crippen LogP contribution in [-0.2, 0) is 4.74 Å². The van der Waals surface area contributed by atoms with Crippen molar-refractivity contribution in [1.82, 2.24) is 5.32 Å². The average Bonchev–Trinajstić information content (AvgIpc) is 2.07. The van der Waals surface area contributed by atoms with Crippen LogP contribution in [0.1, 0.15) is 48.0 Å². The second-order valence-electron chi connectivity index (χ2n) is 6.24. The maximum absolute atomic E-state index is 11.7. The van der Waals surface area contributed by atoms with Crippen molar-refractivity contribution in [2.24, 2.45) is 5.41 Å². The van der Waals surface area contributed by atoms with Gasteiger partial charge in [0.25, 0.3) is 0 Å². The van der Waals surface area contributed by atoms with Crippen molar-refractivity contribution >= 4 is 6.09 Å². The van der Waals surface area contributed by atoms with Crippen LogP contribution in [0.15, 0.2) is 0 Å². The number of rotatable bonds is 3. The molecule has 1 atom stereocenters. The van der Waals surface area contributed by atoms with Gasteiger partial charge in [0.15, 0.2) is 0 Å². The number of carbonyl (C=O) groups is 1. The summed E-state index contributed by atoms with van der Waals surface area (Å²) < 4.78 is 5.22. The van der Waals surface area contributed by atoms with Gasteiger partial charge in [0.1, 0.15) is 5.60 Å². The zero-order chi connectivity index (χ0) is 13.7. The number of hydrogen-bond acceptors (Lipinski definition) is 2. The second-order valence-corrected chi connectivity index (χ2v) is 6.24. The zero-order valence-corrected chi connectivity index (χ0v) is 11.8. The average molecular weight is 240 g/mol. The Bertz CT molecular complexity index is 292. The highest BCUT2D eigenvalue weighted by Gasteiger charge is 2.28. The molecule has 4 nitrogen and oxygen atoms in total. The summed E-state index contributed by atoms with van der Waals surface area (Å²) in [5, 5.41) is 2.84. The summed E-state index contributed by atoms with van der Waals surface area (Å²) >= 11 is 0. The van der Waals surface area contributed by atoms with Crippen LogP contribution in [0.2, 0.25) is 0 Å². The van der Waals surface area contributed by atoms with Crippen molar-refractivity contribution in [2.45, 2.75) is 59.6 Å². The van der Waals surface area contributed by atoms with E-state index in [1.807, 2.05) is 41.5 Å². The first-order valence-electron chi connectivity index (χ1n) is 5.89. The Kier molecular flexibility index (Phi) is 5.47. The molecule has 0 heterocycles. The second kappa shape index (κ2) is 5.90. The van der Waals surface area contributed by atoms with E-state index < -0.39 is 11.7 Å². The molecular weight excluding hydrogens is 216 g/mol. The molecule has 0 radical (unpaired) electrons. The van der Waals surface area contributed by atoms with Gasteiger partial charge in [-0.2, -0.15) is 0 Å². The van der Waals surface area contributed by atoms with E-state index in [1.54, 1.807) is 0 Å². The molecular formula is C13H24N2O2. The maximum atomic E-state index is 11.7. The Labute approximate surface area is 105 Å². The summed E-state index contributed by atoms with van der Waals surface area (Å²) in [4.78, 5) is 15.0. The Morgan fingerprint density at radius 1 is 1.29 bits per heavy atom. The SMILES string of the molecule is [C-]#[N+]CCC(NC(=O)OC(C)(C)C)C(C)(C)C. The lowest BCUT2D eigenvalue weighted by Gasteiger charge is -2.31. The van der Waals surface area contributed by atoms with Crippen molar-refractivity contribution in [3.63, 3.8) is 0 Å². The fourth-order valence-electron chi connectivity index (χ4n) is 1.37. The van der Waals surface area contributed by atoms with Crippen LogP contribution in [0, 0.1) is 12.0 Å². The lowest BCUT2D eigenvalue weighted by Crippen LogP contribution is -2.46. The predicted molar refractivity (Wildman–Crippen MR) is 68.7 cm³/mol. The van der Waals surface area contributed by atoms with E-state index >= 15 is 0 Å². The summed E-state index contributed by atoms with van der Waals surface area (Å²) in [6, 6.07) is -0.0496. The number of ether oxygens (including phenoxy) is 1. The third-order valence-electron chi connectivity index (χ3n) is 2.27.